The number of esters is 1. The lowest BCUT2D eigenvalue weighted by atomic mass is 10.3. The minimum absolute atomic E-state index is 0.143. The first-order valence-corrected chi connectivity index (χ1v) is 3.90. The van der Waals surface area contributed by atoms with Gasteiger partial charge in [-0.2, -0.15) is 0 Å². The van der Waals surface area contributed by atoms with Crippen LogP contribution in [-0.2, 0) is 14.3 Å². The van der Waals surface area contributed by atoms with Crippen molar-refractivity contribution in [1.29, 1.82) is 0 Å². The Morgan fingerprint density at radius 1 is 1.50 bits per heavy atom. The first-order valence-electron chi connectivity index (χ1n) is 3.90. The standard InChI is InChI=1S/C8H15NO3/c1-5-12-8(11)6(2)9(4)7(3)10/h6H,5H2,1-4H3/t6-/m0/s1. The van der Waals surface area contributed by atoms with Gasteiger partial charge in [0.2, 0.25) is 5.91 Å². The van der Waals surface area contributed by atoms with Crippen molar-refractivity contribution < 1.29 is 14.3 Å². The molecule has 0 spiro atoms. The molecule has 0 aromatic carbocycles. The fourth-order valence-electron chi connectivity index (χ4n) is 0.694. The van der Waals surface area contributed by atoms with Crippen molar-refractivity contribution in [3.63, 3.8) is 0 Å². The highest BCUT2D eigenvalue weighted by atomic mass is 16.5. The molecule has 0 N–H and O–H groups in total. The minimum atomic E-state index is -0.498. The summed E-state index contributed by atoms with van der Waals surface area (Å²) in [6.07, 6.45) is 0. The summed E-state index contributed by atoms with van der Waals surface area (Å²) in [5.41, 5.74) is 0. The van der Waals surface area contributed by atoms with E-state index in [1.807, 2.05) is 0 Å². The zero-order valence-electron chi connectivity index (χ0n) is 7.96. The molecule has 0 rings (SSSR count). The third-order valence-corrected chi connectivity index (χ3v) is 1.71. The molecular formula is C8H15NO3. The molecule has 0 aliphatic heterocycles. The Morgan fingerprint density at radius 2 is 2.00 bits per heavy atom. The van der Waals surface area contributed by atoms with E-state index in [4.69, 9.17) is 4.74 Å². The monoisotopic (exact) mass is 173 g/mol. The first kappa shape index (κ1) is 10.9. The van der Waals surface area contributed by atoms with Crippen molar-refractivity contribution in [1.82, 2.24) is 4.90 Å². The van der Waals surface area contributed by atoms with E-state index in [0.29, 0.717) is 6.61 Å². The van der Waals surface area contributed by atoms with E-state index in [1.165, 1.54) is 11.8 Å². The highest BCUT2D eigenvalue weighted by Gasteiger charge is 2.20. The van der Waals surface area contributed by atoms with Gasteiger partial charge < -0.3 is 9.64 Å². The Morgan fingerprint density at radius 3 is 2.33 bits per heavy atom. The van der Waals surface area contributed by atoms with Crippen molar-refractivity contribution in [2.24, 2.45) is 0 Å². The van der Waals surface area contributed by atoms with Gasteiger partial charge in [-0.1, -0.05) is 0 Å². The molecule has 0 saturated carbocycles. The normalized spacial score (nSPS) is 12.0. The van der Waals surface area contributed by atoms with E-state index >= 15 is 0 Å². The summed E-state index contributed by atoms with van der Waals surface area (Å²) in [6, 6.07) is -0.498. The number of amides is 1. The molecule has 0 saturated heterocycles. The topological polar surface area (TPSA) is 46.6 Å². The second kappa shape index (κ2) is 4.74. The number of likely N-dealkylation sites (N-methyl/N-ethyl adjacent to an activating group) is 1. The van der Waals surface area contributed by atoms with E-state index in [1.54, 1.807) is 20.9 Å². The van der Waals surface area contributed by atoms with Crippen LogP contribution in [0.4, 0.5) is 0 Å². The maximum atomic E-state index is 11.1. The Balaban J connectivity index is 4.09. The zero-order chi connectivity index (χ0) is 9.72. The van der Waals surface area contributed by atoms with Gasteiger partial charge in [0.05, 0.1) is 6.61 Å². The van der Waals surface area contributed by atoms with Crippen LogP contribution in [0.15, 0.2) is 0 Å². The molecule has 0 bridgehead atoms. The maximum absolute atomic E-state index is 11.1. The second-order valence-corrected chi connectivity index (χ2v) is 2.56. The lowest BCUT2D eigenvalue weighted by Gasteiger charge is -2.21. The van der Waals surface area contributed by atoms with Crippen molar-refractivity contribution in [2.45, 2.75) is 26.8 Å². The largest absolute Gasteiger partial charge is 0.464 e. The van der Waals surface area contributed by atoms with Crippen molar-refractivity contribution in [2.75, 3.05) is 13.7 Å². The lowest BCUT2D eigenvalue weighted by Crippen LogP contribution is -2.40. The van der Waals surface area contributed by atoms with Crippen LogP contribution in [0.25, 0.3) is 0 Å². The van der Waals surface area contributed by atoms with E-state index in [9.17, 15) is 9.59 Å². The summed E-state index contributed by atoms with van der Waals surface area (Å²) >= 11 is 0. The fraction of sp³-hybridized carbons (Fsp3) is 0.750. The molecule has 0 radical (unpaired) electrons. The molecule has 0 aliphatic carbocycles. The van der Waals surface area contributed by atoms with Crippen LogP contribution in [0, 0.1) is 0 Å². The van der Waals surface area contributed by atoms with Gasteiger partial charge in [0, 0.05) is 14.0 Å². The molecule has 0 aromatic rings. The van der Waals surface area contributed by atoms with Crippen molar-refractivity contribution in [3.8, 4) is 0 Å². The summed E-state index contributed by atoms with van der Waals surface area (Å²) in [5, 5.41) is 0. The Hall–Kier alpha value is -1.06. The van der Waals surface area contributed by atoms with Crippen LogP contribution in [0.1, 0.15) is 20.8 Å². The minimum Gasteiger partial charge on any atom is -0.464 e. The van der Waals surface area contributed by atoms with Gasteiger partial charge in [-0.05, 0) is 13.8 Å². The fourth-order valence-corrected chi connectivity index (χ4v) is 0.694. The number of nitrogens with zero attached hydrogens (tertiary/aromatic N) is 1. The van der Waals surface area contributed by atoms with Gasteiger partial charge in [-0.25, -0.2) is 4.79 Å². The summed E-state index contributed by atoms with van der Waals surface area (Å²) in [6.45, 7) is 5.13. The molecule has 0 aliphatic rings. The van der Waals surface area contributed by atoms with Crippen LogP contribution in [0.2, 0.25) is 0 Å². The summed E-state index contributed by atoms with van der Waals surface area (Å²) in [7, 11) is 1.57. The van der Waals surface area contributed by atoms with Gasteiger partial charge in [0.15, 0.2) is 0 Å². The predicted octanol–water partition coefficient (Wildman–Crippen LogP) is 0.416. The Kier molecular flexibility index (Phi) is 4.33. The van der Waals surface area contributed by atoms with E-state index in [0.717, 1.165) is 0 Å². The van der Waals surface area contributed by atoms with Crippen molar-refractivity contribution in [3.05, 3.63) is 0 Å². The molecular weight excluding hydrogens is 158 g/mol. The average molecular weight is 173 g/mol. The Labute approximate surface area is 72.5 Å². The number of hydrogen-bond acceptors (Lipinski definition) is 3. The number of ether oxygens (including phenoxy) is 1. The quantitative estimate of drug-likeness (QED) is 0.581. The molecule has 1 amide bonds. The molecule has 0 unspecified atom stereocenters. The molecule has 0 fully saturated rings. The number of hydrogen-bond donors (Lipinski definition) is 0. The molecule has 70 valence electrons. The van der Waals surface area contributed by atoms with Crippen LogP contribution in [0.3, 0.4) is 0 Å². The number of carbonyl (C=O) groups is 2. The molecule has 0 heterocycles. The van der Waals surface area contributed by atoms with Gasteiger partial charge >= 0.3 is 5.97 Å². The third-order valence-electron chi connectivity index (χ3n) is 1.71. The molecule has 0 aromatic heterocycles. The highest BCUT2D eigenvalue weighted by Crippen LogP contribution is 1.98. The first-order chi connectivity index (χ1) is 5.50. The van der Waals surface area contributed by atoms with Gasteiger partial charge in [-0.3, -0.25) is 4.79 Å². The zero-order valence-corrected chi connectivity index (χ0v) is 7.96. The molecule has 1 atom stereocenters. The molecule has 4 nitrogen and oxygen atoms in total. The smallest absolute Gasteiger partial charge is 0.328 e. The van der Waals surface area contributed by atoms with Gasteiger partial charge in [0.25, 0.3) is 0 Å². The lowest BCUT2D eigenvalue weighted by molar-refractivity contribution is -0.152. The summed E-state index contributed by atoms with van der Waals surface area (Å²) < 4.78 is 4.74. The summed E-state index contributed by atoms with van der Waals surface area (Å²) in [5.74, 6) is -0.509. The van der Waals surface area contributed by atoms with Crippen LogP contribution < -0.4 is 0 Å². The van der Waals surface area contributed by atoms with Crippen LogP contribution in [-0.4, -0.2) is 36.5 Å². The summed E-state index contributed by atoms with van der Waals surface area (Å²) in [4.78, 5) is 23.2. The van der Waals surface area contributed by atoms with E-state index in [-0.39, 0.29) is 11.9 Å². The predicted molar refractivity (Wildman–Crippen MR) is 44.5 cm³/mol. The maximum Gasteiger partial charge on any atom is 0.328 e. The van der Waals surface area contributed by atoms with E-state index in [2.05, 4.69) is 0 Å². The third kappa shape index (κ3) is 2.90. The SMILES string of the molecule is CCOC(=O)[C@H](C)N(C)C(C)=O. The molecule has 4 heteroatoms. The van der Waals surface area contributed by atoms with E-state index < -0.39 is 6.04 Å². The number of carbonyl (C=O) groups excluding carboxylic acids is 2. The van der Waals surface area contributed by atoms with Crippen LogP contribution in [0.5, 0.6) is 0 Å². The van der Waals surface area contributed by atoms with Crippen LogP contribution >= 0.6 is 0 Å². The second-order valence-electron chi connectivity index (χ2n) is 2.56. The highest BCUT2D eigenvalue weighted by molar-refractivity contribution is 5.82. The van der Waals surface area contributed by atoms with Gasteiger partial charge in [-0.15, -0.1) is 0 Å². The van der Waals surface area contributed by atoms with Gasteiger partial charge in [0.1, 0.15) is 6.04 Å². The number of rotatable bonds is 3. The average Bonchev–Trinajstić information content (AvgIpc) is 2.02. The van der Waals surface area contributed by atoms with Crippen molar-refractivity contribution >= 4 is 11.9 Å². The Bertz CT molecular complexity index is 179. The molecule has 12 heavy (non-hydrogen) atoms.